The van der Waals surface area contributed by atoms with Gasteiger partial charge in [0.2, 0.25) is 5.91 Å². The van der Waals surface area contributed by atoms with Crippen LogP contribution in [0.1, 0.15) is 20.3 Å². The molecule has 0 heterocycles. The first kappa shape index (κ1) is 14.5. The van der Waals surface area contributed by atoms with E-state index >= 15 is 0 Å². The van der Waals surface area contributed by atoms with Crippen molar-refractivity contribution in [2.75, 3.05) is 24.3 Å². The number of nitrogens with zero attached hydrogens (tertiary/aromatic N) is 1. The molecule has 1 rings (SSSR count). The molecular weight excluding hydrogens is 228 g/mol. The van der Waals surface area contributed by atoms with Crippen LogP contribution < -0.4 is 10.2 Å². The summed E-state index contributed by atoms with van der Waals surface area (Å²) >= 11 is 0. The molecule has 4 heteroatoms. The molecule has 100 valence electrons. The second-order valence-electron chi connectivity index (χ2n) is 5.00. The van der Waals surface area contributed by atoms with Crippen LogP contribution in [0.3, 0.4) is 0 Å². The van der Waals surface area contributed by atoms with E-state index in [1.54, 1.807) is 0 Å². The van der Waals surface area contributed by atoms with Gasteiger partial charge in [-0.3, -0.25) is 4.79 Å². The number of aliphatic hydroxyl groups is 1. The van der Waals surface area contributed by atoms with E-state index in [2.05, 4.69) is 5.32 Å². The molecule has 4 nitrogen and oxygen atoms in total. The average Bonchev–Trinajstić information content (AvgIpc) is 2.29. The zero-order valence-corrected chi connectivity index (χ0v) is 11.5. The van der Waals surface area contributed by atoms with Crippen LogP contribution in [0.15, 0.2) is 24.3 Å². The first-order valence-corrected chi connectivity index (χ1v) is 6.15. The van der Waals surface area contributed by atoms with Gasteiger partial charge in [0.25, 0.3) is 0 Å². The third-order valence-corrected chi connectivity index (χ3v) is 2.83. The van der Waals surface area contributed by atoms with Crippen LogP contribution in [-0.4, -0.2) is 31.2 Å². The van der Waals surface area contributed by atoms with Gasteiger partial charge in [-0.15, -0.1) is 0 Å². The van der Waals surface area contributed by atoms with Crippen LogP contribution >= 0.6 is 0 Å². The molecule has 0 aromatic heterocycles. The summed E-state index contributed by atoms with van der Waals surface area (Å²) in [6.07, 6.45) is -0.460. The largest absolute Gasteiger partial charge is 0.392 e. The Morgan fingerprint density at radius 2 is 1.83 bits per heavy atom. The lowest BCUT2D eigenvalue weighted by molar-refractivity contribution is -0.118. The van der Waals surface area contributed by atoms with Gasteiger partial charge in [0.05, 0.1) is 12.5 Å². The van der Waals surface area contributed by atoms with Crippen LogP contribution in [0, 0.1) is 5.92 Å². The molecule has 1 atom stereocenters. The normalized spacial score (nSPS) is 12.3. The summed E-state index contributed by atoms with van der Waals surface area (Å²) < 4.78 is 0. The lowest BCUT2D eigenvalue weighted by Gasteiger charge is -2.15. The van der Waals surface area contributed by atoms with Gasteiger partial charge in [0.1, 0.15) is 0 Å². The van der Waals surface area contributed by atoms with Gasteiger partial charge in [-0.25, -0.2) is 0 Å². The van der Waals surface area contributed by atoms with Crippen molar-refractivity contribution in [1.29, 1.82) is 0 Å². The number of hydrogen-bond donors (Lipinski definition) is 2. The van der Waals surface area contributed by atoms with E-state index in [1.165, 1.54) is 0 Å². The molecular formula is C14H22N2O2. The second kappa shape index (κ2) is 6.40. The van der Waals surface area contributed by atoms with Crippen LogP contribution in [0.2, 0.25) is 0 Å². The molecule has 1 unspecified atom stereocenters. The Hall–Kier alpha value is -1.55. The Bertz CT molecular complexity index is 385. The van der Waals surface area contributed by atoms with Crippen molar-refractivity contribution in [2.45, 2.75) is 26.4 Å². The molecule has 0 aliphatic rings. The van der Waals surface area contributed by atoms with Gasteiger partial charge < -0.3 is 15.3 Å². The minimum Gasteiger partial charge on any atom is -0.392 e. The number of hydrogen-bond acceptors (Lipinski definition) is 3. The molecule has 0 fully saturated rings. The van der Waals surface area contributed by atoms with Crippen LogP contribution in [0.4, 0.5) is 11.4 Å². The van der Waals surface area contributed by atoms with E-state index in [9.17, 15) is 9.90 Å². The van der Waals surface area contributed by atoms with Crippen molar-refractivity contribution in [2.24, 2.45) is 5.92 Å². The average molecular weight is 250 g/mol. The molecule has 0 bridgehead atoms. The molecule has 0 aliphatic carbocycles. The molecule has 2 N–H and O–H groups in total. The Kier molecular flexibility index (Phi) is 5.16. The van der Waals surface area contributed by atoms with Crippen molar-refractivity contribution in [1.82, 2.24) is 0 Å². The van der Waals surface area contributed by atoms with E-state index in [-0.39, 0.29) is 18.2 Å². The number of amides is 1. The third-order valence-electron chi connectivity index (χ3n) is 2.83. The second-order valence-corrected chi connectivity index (χ2v) is 5.00. The lowest BCUT2D eigenvalue weighted by atomic mass is 10.0. The summed E-state index contributed by atoms with van der Waals surface area (Å²) in [5.41, 5.74) is 1.83. The molecule has 1 aromatic rings. The maximum atomic E-state index is 11.7. The monoisotopic (exact) mass is 250 g/mol. The smallest absolute Gasteiger partial charge is 0.226 e. The summed E-state index contributed by atoms with van der Waals surface area (Å²) in [6.45, 7) is 3.79. The van der Waals surface area contributed by atoms with E-state index in [1.807, 2.05) is 57.1 Å². The molecule has 1 aromatic carbocycles. The Morgan fingerprint density at radius 3 is 2.28 bits per heavy atom. The number of nitrogens with one attached hydrogen (secondary N) is 1. The maximum absolute atomic E-state index is 11.7. The van der Waals surface area contributed by atoms with Crippen molar-refractivity contribution < 1.29 is 9.90 Å². The predicted octanol–water partition coefficient (Wildman–Crippen LogP) is 2.10. The van der Waals surface area contributed by atoms with Crippen LogP contribution in [-0.2, 0) is 4.79 Å². The highest BCUT2D eigenvalue weighted by molar-refractivity contribution is 5.91. The summed E-state index contributed by atoms with van der Waals surface area (Å²) in [7, 11) is 3.93. The zero-order valence-electron chi connectivity index (χ0n) is 11.5. The SMILES string of the molecule is CC(C)C(O)CC(=O)Nc1ccc(N(C)C)cc1. The third kappa shape index (κ3) is 4.37. The minimum absolute atomic E-state index is 0.0897. The molecule has 0 spiro atoms. The fraction of sp³-hybridized carbons (Fsp3) is 0.500. The van der Waals surface area contributed by atoms with Gasteiger partial charge in [-0.2, -0.15) is 0 Å². The molecule has 0 saturated carbocycles. The van der Waals surface area contributed by atoms with Crippen molar-refractivity contribution >= 4 is 17.3 Å². The van der Waals surface area contributed by atoms with Gasteiger partial charge in [0, 0.05) is 25.5 Å². The quantitative estimate of drug-likeness (QED) is 0.841. The molecule has 0 saturated heterocycles. The Balaban J connectivity index is 2.54. The number of aliphatic hydroxyl groups excluding tert-OH is 1. The summed E-state index contributed by atoms with van der Waals surface area (Å²) in [6, 6.07) is 7.59. The Morgan fingerprint density at radius 1 is 1.28 bits per heavy atom. The number of rotatable bonds is 5. The number of carbonyl (C=O) groups is 1. The predicted molar refractivity (Wildman–Crippen MR) is 74.9 cm³/mol. The summed E-state index contributed by atoms with van der Waals surface area (Å²) in [4.78, 5) is 13.7. The molecule has 0 aliphatic heterocycles. The standard InChI is InChI=1S/C14H22N2O2/c1-10(2)13(17)9-14(18)15-11-5-7-12(8-6-11)16(3)4/h5-8,10,13,17H,9H2,1-4H3,(H,15,18). The zero-order chi connectivity index (χ0) is 13.7. The first-order valence-electron chi connectivity index (χ1n) is 6.15. The van der Waals surface area contributed by atoms with Crippen molar-refractivity contribution in [3.63, 3.8) is 0 Å². The van der Waals surface area contributed by atoms with Gasteiger partial charge in [-0.05, 0) is 30.2 Å². The lowest BCUT2D eigenvalue weighted by Crippen LogP contribution is -2.23. The van der Waals surface area contributed by atoms with E-state index in [0.717, 1.165) is 11.4 Å². The number of anilines is 2. The highest BCUT2D eigenvalue weighted by Crippen LogP contribution is 2.16. The molecule has 1 amide bonds. The van der Waals surface area contributed by atoms with Crippen molar-refractivity contribution in [3.8, 4) is 0 Å². The topological polar surface area (TPSA) is 52.6 Å². The fourth-order valence-corrected chi connectivity index (χ4v) is 1.48. The van der Waals surface area contributed by atoms with E-state index in [0.29, 0.717) is 0 Å². The summed E-state index contributed by atoms with van der Waals surface area (Å²) in [5.74, 6) is -0.0688. The number of carbonyl (C=O) groups excluding carboxylic acids is 1. The first-order chi connectivity index (χ1) is 8.40. The number of benzene rings is 1. The van der Waals surface area contributed by atoms with E-state index in [4.69, 9.17) is 0 Å². The van der Waals surface area contributed by atoms with Gasteiger partial charge in [-0.1, -0.05) is 13.8 Å². The highest BCUT2D eigenvalue weighted by atomic mass is 16.3. The summed E-state index contributed by atoms with van der Waals surface area (Å²) in [5, 5.41) is 12.4. The van der Waals surface area contributed by atoms with E-state index < -0.39 is 6.10 Å². The van der Waals surface area contributed by atoms with Gasteiger partial charge >= 0.3 is 0 Å². The molecule has 0 radical (unpaired) electrons. The van der Waals surface area contributed by atoms with Crippen molar-refractivity contribution in [3.05, 3.63) is 24.3 Å². The van der Waals surface area contributed by atoms with Gasteiger partial charge in [0.15, 0.2) is 0 Å². The minimum atomic E-state index is -0.592. The maximum Gasteiger partial charge on any atom is 0.226 e. The highest BCUT2D eigenvalue weighted by Gasteiger charge is 2.14. The van der Waals surface area contributed by atoms with Crippen LogP contribution in [0.5, 0.6) is 0 Å². The molecule has 18 heavy (non-hydrogen) atoms. The van der Waals surface area contributed by atoms with Crippen LogP contribution in [0.25, 0.3) is 0 Å². The fourth-order valence-electron chi connectivity index (χ4n) is 1.48. The Labute approximate surface area is 109 Å².